The van der Waals surface area contributed by atoms with Crippen LogP contribution in [-0.2, 0) is 13.5 Å². The maximum absolute atomic E-state index is 4.41. The van der Waals surface area contributed by atoms with E-state index in [9.17, 15) is 0 Å². The first-order valence-corrected chi connectivity index (χ1v) is 6.73. The van der Waals surface area contributed by atoms with Gasteiger partial charge in [-0.3, -0.25) is 4.68 Å². The highest BCUT2D eigenvalue weighted by atomic mass is 79.9. The molecule has 0 aliphatic rings. The van der Waals surface area contributed by atoms with Crippen molar-refractivity contribution in [1.29, 1.82) is 0 Å². The van der Waals surface area contributed by atoms with Gasteiger partial charge in [-0.05, 0) is 22.0 Å². The Morgan fingerprint density at radius 3 is 3.05 bits per heavy atom. The van der Waals surface area contributed by atoms with Crippen LogP contribution in [0.2, 0.25) is 0 Å². The van der Waals surface area contributed by atoms with Gasteiger partial charge in [0.1, 0.15) is 4.60 Å². The van der Waals surface area contributed by atoms with Crippen LogP contribution < -0.4 is 5.32 Å². The molecule has 0 aliphatic carbocycles. The standard InChI is InChI=1S/C12H13BrN6/c1-18-6-3-9(17-18)2-4-14-11-12-15-5-7-19(12)8-10(13)16-11/h3,5-8H,2,4H2,1H3,(H,14,16). The van der Waals surface area contributed by atoms with Crippen molar-refractivity contribution in [2.75, 3.05) is 11.9 Å². The van der Waals surface area contributed by atoms with Crippen LogP contribution in [0.4, 0.5) is 5.82 Å². The third kappa shape index (κ3) is 2.60. The lowest BCUT2D eigenvalue weighted by atomic mass is 10.3. The minimum atomic E-state index is 0.767. The number of anilines is 1. The number of hydrogen-bond donors (Lipinski definition) is 1. The summed E-state index contributed by atoms with van der Waals surface area (Å²) in [6.45, 7) is 0.767. The van der Waals surface area contributed by atoms with Gasteiger partial charge in [-0.1, -0.05) is 0 Å². The van der Waals surface area contributed by atoms with Gasteiger partial charge in [-0.15, -0.1) is 0 Å². The van der Waals surface area contributed by atoms with Gasteiger partial charge in [-0.25, -0.2) is 9.97 Å². The Kier molecular flexibility index (Phi) is 3.20. The molecule has 0 fully saturated rings. The molecule has 0 spiro atoms. The SMILES string of the molecule is Cn1ccc(CCNc2nc(Br)cn3ccnc23)n1. The van der Waals surface area contributed by atoms with Crippen LogP contribution in [0, 0.1) is 0 Å². The monoisotopic (exact) mass is 320 g/mol. The summed E-state index contributed by atoms with van der Waals surface area (Å²) in [6.07, 6.45) is 8.33. The van der Waals surface area contributed by atoms with E-state index < -0.39 is 0 Å². The maximum atomic E-state index is 4.41. The van der Waals surface area contributed by atoms with Crippen LogP contribution in [-0.4, -0.2) is 30.7 Å². The van der Waals surface area contributed by atoms with E-state index in [0.29, 0.717) is 0 Å². The van der Waals surface area contributed by atoms with Gasteiger partial charge in [0.25, 0.3) is 0 Å². The Labute approximate surface area is 118 Å². The van der Waals surface area contributed by atoms with Gasteiger partial charge >= 0.3 is 0 Å². The van der Waals surface area contributed by atoms with Crippen LogP contribution in [0.15, 0.2) is 35.5 Å². The van der Waals surface area contributed by atoms with Crippen LogP contribution >= 0.6 is 15.9 Å². The van der Waals surface area contributed by atoms with Crippen LogP contribution in [0.25, 0.3) is 5.65 Å². The van der Waals surface area contributed by atoms with Crippen molar-refractivity contribution >= 4 is 27.4 Å². The number of aryl methyl sites for hydroxylation is 1. The largest absolute Gasteiger partial charge is 0.367 e. The molecule has 6 nitrogen and oxygen atoms in total. The molecule has 0 saturated carbocycles. The lowest BCUT2D eigenvalue weighted by Crippen LogP contribution is -2.08. The predicted octanol–water partition coefficient (Wildman–Crippen LogP) is 1.88. The summed E-state index contributed by atoms with van der Waals surface area (Å²) in [5.41, 5.74) is 1.88. The third-order valence-electron chi connectivity index (χ3n) is 2.79. The fourth-order valence-electron chi connectivity index (χ4n) is 1.93. The van der Waals surface area contributed by atoms with Gasteiger partial charge in [0.15, 0.2) is 11.5 Å². The summed E-state index contributed by atoms with van der Waals surface area (Å²) in [5, 5.41) is 7.64. The van der Waals surface area contributed by atoms with E-state index in [1.807, 2.05) is 36.1 Å². The molecule has 3 heterocycles. The number of rotatable bonds is 4. The number of hydrogen-bond acceptors (Lipinski definition) is 4. The molecule has 98 valence electrons. The zero-order chi connectivity index (χ0) is 13.2. The van der Waals surface area contributed by atoms with E-state index in [1.54, 1.807) is 10.9 Å². The van der Waals surface area contributed by atoms with Gasteiger partial charge in [0, 0.05) is 44.8 Å². The summed E-state index contributed by atoms with van der Waals surface area (Å²) in [5.74, 6) is 0.773. The maximum Gasteiger partial charge on any atom is 0.180 e. The number of halogens is 1. The first kappa shape index (κ1) is 12.2. The zero-order valence-electron chi connectivity index (χ0n) is 10.4. The number of imidazole rings is 1. The van der Waals surface area contributed by atoms with Crippen LogP contribution in [0.1, 0.15) is 5.69 Å². The van der Waals surface area contributed by atoms with Crippen molar-refractivity contribution in [3.05, 3.63) is 41.2 Å². The predicted molar refractivity (Wildman–Crippen MR) is 76.1 cm³/mol. The highest BCUT2D eigenvalue weighted by molar-refractivity contribution is 9.10. The highest BCUT2D eigenvalue weighted by Gasteiger charge is 2.06. The number of nitrogens with one attached hydrogen (secondary N) is 1. The molecule has 0 unspecified atom stereocenters. The Hall–Kier alpha value is -1.89. The third-order valence-corrected chi connectivity index (χ3v) is 3.17. The van der Waals surface area contributed by atoms with Crippen molar-refractivity contribution in [2.45, 2.75) is 6.42 Å². The smallest absolute Gasteiger partial charge is 0.180 e. The average molecular weight is 321 g/mol. The van der Waals surface area contributed by atoms with Crippen LogP contribution in [0.3, 0.4) is 0 Å². The Morgan fingerprint density at radius 1 is 1.37 bits per heavy atom. The van der Waals surface area contributed by atoms with E-state index >= 15 is 0 Å². The van der Waals surface area contributed by atoms with E-state index in [1.165, 1.54) is 0 Å². The van der Waals surface area contributed by atoms with Crippen molar-refractivity contribution in [1.82, 2.24) is 24.1 Å². The van der Waals surface area contributed by atoms with Crippen molar-refractivity contribution < 1.29 is 0 Å². The average Bonchev–Trinajstić information content (AvgIpc) is 2.98. The van der Waals surface area contributed by atoms with E-state index in [-0.39, 0.29) is 0 Å². The molecule has 0 bridgehead atoms. The first-order chi connectivity index (χ1) is 9.22. The molecular weight excluding hydrogens is 308 g/mol. The van der Waals surface area contributed by atoms with Crippen molar-refractivity contribution in [3.63, 3.8) is 0 Å². The molecule has 0 atom stereocenters. The summed E-state index contributed by atoms with van der Waals surface area (Å²) >= 11 is 3.39. The van der Waals surface area contributed by atoms with Crippen molar-refractivity contribution in [2.24, 2.45) is 7.05 Å². The first-order valence-electron chi connectivity index (χ1n) is 5.94. The number of aromatic nitrogens is 5. The molecule has 7 heteroatoms. The normalized spacial score (nSPS) is 11.1. The minimum absolute atomic E-state index is 0.767. The molecule has 0 aromatic carbocycles. The molecule has 1 N–H and O–H groups in total. The number of nitrogens with zero attached hydrogens (tertiary/aromatic N) is 5. The van der Waals surface area contributed by atoms with Crippen LogP contribution in [0.5, 0.6) is 0 Å². The molecule has 3 rings (SSSR count). The molecule has 0 saturated heterocycles. The quantitative estimate of drug-likeness (QED) is 0.797. The molecule has 3 aromatic heterocycles. The Morgan fingerprint density at radius 2 is 2.26 bits per heavy atom. The zero-order valence-corrected chi connectivity index (χ0v) is 12.0. The van der Waals surface area contributed by atoms with Gasteiger partial charge < -0.3 is 9.72 Å². The molecule has 19 heavy (non-hydrogen) atoms. The van der Waals surface area contributed by atoms with Gasteiger partial charge in [0.2, 0.25) is 0 Å². The molecular formula is C12H13BrN6. The number of fused-ring (bicyclic) bond motifs is 1. The van der Waals surface area contributed by atoms with E-state index in [4.69, 9.17) is 0 Å². The second-order valence-corrected chi connectivity index (χ2v) is 5.04. The summed E-state index contributed by atoms with van der Waals surface area (Å²) in [6, 6.07) is 2.02. The van der Waals surface area contributed by atoms with Crippen molar-refractivity contribution in [3.8, 4) is 0 Å². The molecule has 0 radical (unpaired) electrons. The van der Waals surface area contributed by atoms with E-state index in [0.717, 1.165) is 34.7 Å². The fourth-order valence-corrected chi connectivity index (χ4v) is 2.32. The van der Waals surface area contributed by atoms with E-state index in [2.05, 4.69) is 36.3 Å². The highest BCUT2D eigenvalue weighted by Crippen LogP contribution is 2.16. The minimum Gasteiger partial charge on any atom is -0.367 e. The lowest BCUT2D eigenvalue weighted by molar-refractivity contribution is 0.742. The lowest BCUT2D eigenvalue weighted by Gasteiger charge is -2.06. The second-order valence-electron chi connectivity index (χ2n) is 4.23. The summed E-state index contributed by atoms with van der Waals surface area (Å²) < 4.78 is 4.51. The van der Waals surface area contributed by atoms with Gasteiger partial charge in [-0.2, -0.15) is 5.10 Å². The molecule has 0 aliphatic heterocycles. The summed E-state index contributed by atoms with van der Waals surface area (Å²) in [7, 11) is 1.92. The second kappa shape index (κ2) is 5.00. The Bertz CT molecular complexity index is 701. The molecule has 3 aromatic rings. The topological polar surface area (TPSA) is 60.0 Å². The Balaban J connectivity index is 1.73. The van der Waals surface area contributed by atoms with Gasteiger partial charge in [0.05, 0.1) is 5.69 Å². The fraction of sp³-hybridized carbons (Fsp3) is 0.250. The summed E-state index contributed by atoms with van der Waals surface area (Å²) in [4.78, 5) is 8.69. The molecule has 0 amide bonds.